The number of benzene rings is 2. The number of sulfonamides is 1. The van der Waals surface area contributed by atoms with Gasteiger partial charge < -0.3 is 14.9 Å². The number of rotatable bonds is 3. The van der Waals surface area contributed by atoms with Gasteiger partial charge in [0.1, 0.15) is 0 Å². The molecule has 0 aliphatic carbocycles. The quantitative estimate of drug-likeness (QED) is 0.639. The van der Waals surface area contributed by atoms with Crippen LogP contribution in [0, 0.1) is 6.92 Å². The Morgan fingerprint density at radius 3 is 2.21 bits per heavy atom. The molecular weight excluding hydrogens is 380 g/mol. The van der Waals surface area contributed by atoms with Gasteiger partial charge in [-0.05, 0) is 42.8 Å². The minimum Gasteiger partial charge on any atom is -0.369 e. The van der Waals surface area contributed by atoms with Crippen molar-refractivity contribution in [2.75, 3.05) is 31.1 Å². The molecule has 0 radical (unpaired) electrons. The van der Waals surface area contributed by atoms with E-state index in [0.29, 0.717) is 31.7 Å². The van der Waals surface area contributed by atoms with E-state index < -0.39 is 21.1 Å². The molecule has 28 heavy (non-hydrogen) atoms. The third-order valence-corrected chi connectivity index (χ3v) is 6.83. The van der Waals surface area contributed by atoms with Gasteiger partial charge in [0.05, 0.1) is 15.9 Å². The zero-order chi connectivity index (χ0) is 19.9. The van der Waals surface area contributed by atoms with Crippen LogP contribution in [-0.4, -0.2) is 48.9 Å². The van der Waals surface area contributed by atoms with E-state index >= 15 is 0 Å². The van der Waals surface area contributed by atoms with E-state index in [-0.39, 0.29) is 10.4 Å². The maximum absolute atomic E-state index is 13.0. The second-order valence-electron chi connectivity index (χ2n) is 6.85. The topological polar surface area (TPSA) is 106 Å². The number of nitrogens with one attached hydrogen (secondary N) is 2. The van der Waals surface area contributed by atoms with Crippen molar-refractivity contribution >= 4 is 26.7 Å². The summed E-state index contributed by atoms with van der Waals surface area (Å²) in [6.07, 6.45) is 0. The van der Waals surface area contributed by atoms with Crippen molar-refractivity contribution < 1.29 is 8.42 Å². The number of aryl methyl sites for hydroxylation is 1. The molecule has 1 aromatic heterocycles. The Hall–Kier alpha value is -2.91. The molecule has 0 unspecified atom stereocenters. The Bertz CT molecular complexity index is 1250. The molecule has 0 amide bonds. The van der Waals surface area contributed by atoms with Crippen molar-refractivity contribution in [3.8, 4) is 0 Å². The summed E-state index contributed by atoms with van der Waals surface area (Å²) in [6.45, 7) is 3.97. The number of H-pyrrole nitrogens is 2. The first-order valence-electron chi connectivity index (χ1n) is 8.93. The third-order valence-electron chi connectivity index (χ3n) is 4.94. The lowest BCUT2D eigenvalue weighted by Gasteiger charge is -2.35. The number of aromatic nitrogens is 2. The minimum absolute atomic E-state index is 0.0895. The lowest BCUT2D eigenvalue weighted by molar-refractivity contribution is 0.385. The van der Waals surface area contributed by atoms with Crippen molar-refractivity contribution in [1.82, 2.24) is 14.3 Å². The molecular formula is C19H20N4O4S. The number of nitrogens with zero attached hydrogens (tertiary/aromatic N) is 2. The molecule has 3 aromatic rings. The maximum Gasteiger partial charge on any atom is 0.314 e. The summed E-state index contributed by atoms with van der Waals surface area (Å²) in [4.78, 5) is 30.0. The number of fused-ring (bicyclic) bond motifs is 1. The molecule has 1 aliphatic rings. The molecule has 2 aromatic carbocycles. The first-order chi connectivity index (χ1) is 13.3. The van der Waals surface area contributed by atoms with Crippen LogP contribution in [0.3, 0.4) is 0 Å². The molecule has 1 aliphatic heterocycles. The molecule has 0 spiro atoms. The summed E-state index contributed by atoms with van der Waals surface area (Å²) < 4.78 is 27.5. The molecule has 146 valence electrons. The Labute approximate surface area is 161 Å². The summed E-state index contributed by atoms with van der Waals surface area (Å²) >= 11 is 0. The Morgan fingerprint density at radius 1 is 0.857 bits per heavy atom. The van der Waals surface area contributed by atoms with Crippen LogP contribution in [0.4, 0.5) is 5.69 Å². The lowest BCUT2D eigenvalue weighted by Crippen LogP contribution is -2.48. The fourth-order valence-corrected chi connectivity index (χ4v) is 4.86. The summed E-state index contributed by atoms with van der Waals surface area (Å²) in [6, 6.07) is 12.5. The zero-order valence-electron chi connectivity index (χ0n) is 15.3. The van der Waals surface area contributed by atoms with Crippen LogP contribution in [0.2, 0.25) is 0 Å². The van der Waals surface area contributed by atoms with E-state index in [1.165, 1.54) is 22.5 Å². The Balaban J connectivity index is 1.57. The van der Waals surface area contributed by atoms with Crippen molar-refractivity contribution in [3.05, 3.63) is 68.7 Å². The van der Waals surface area contributed by atoms with Gasteiger partial charge in [0.25, 0.3) is 0 Å². The van der Waals surface area contributed by atoms with Gasteiger partial charge in [-0.2, -0.15) is 4.31 Å². The van der Waals surface area contributed by atoms with Crippen molar-refractivity contribution in [2.24, 2.45) is 0 Å². The van der Waals surface area contributed by atoms with Gasteiger partial charge in [0.2, 0.25) is 10.0 Å². The van der Waals surface area contributed by atoms with E-state index in [4.69, 9.17) is 0 Å². The van der Waals surface area contributed by atoms with Crippen LogP contribution < -0.4 is 16.0 Å². The van der Waals surface area contributed by atoms with Crippen molar-refractivity contribution in [3.63, 3.8) is 0 Å². The van der Waals surface area contributed by atoms with Gasteiger partial charge in [0, 0.05) is 31.9 Å². The van der Waals surface area contributed by atoms with Crippen LogP contribution in [-0.2, 0) is 10.0 Å². The van der Waals surface area contributed by atoms with Crippen LogP contribution in [0.25, 0.3) is 11.0 Å². The molecule has 4 rings (SSSR count). The Morgan fingerprint density at radius 2 is 1.54 bits per heavy atom. The SMILES string of the molecule is Cc1cccc(N2CCN(S(=O)(=O)c3ccc4[nH]c(=O)c(=O)[nH]c4c3)CC2)c1. The average molecular weight is 400 g/mol. The van der Waals surface area contributed by atoms with Gasteiger partial charge >= 0.3 is 11.1 Å². The minimum atomic E-state index is -3.70. The lowest BCUT2D eigenvalue weighted by atomic mass is 10.2. The summed E-state index contributed by atoms with van der Waals surface area (Å²) in [5, 5.41) is 0. The largest absolute Gasteiger partial charge is 0.369 e. The highest BCUT2D eigenvalue weighted by Gasteiger charge is 2.29. The van der Waals surface area contributed by atoms with Crippen molar-refractivity contribution in [1.29, 1.82) is 0 Å². The molecule has 2 heterocycles. The van der Waals surface area contributed by atoms with Gasteiger partial charge in [0.15, 0.2) is 0 Å². The molecule has 0 atom stereocenters. The van der Waals surface area contributed by atoms with Crippen molar-refractivity contribution in [2.45, 2.75) is 11.8 Å². The number of hydrogen-bond acceptors (Lipinski definition) is 5. The van der Waals surface area contributed by atoms with E-state index in [9.17, 15) is 18.0 Å². The highest BCUT2D eigenvalue weighted by Crippen LogP contribution is 2.23. The van der Waals surface area contributed by atoms with Crippen LogP contribution in [0.5, 0.6) is 0 Å². The van der Waals surface area contributed by atoms with Gasteiger partial charge in [-0.25, -0.2) is 8.42 Å². The molecule has 1 saturated heterocycles. The van der Waals surface area contributed by atoms with Crippen LogP contribution in [0.1, 0.15) is 5.56 Å². The summed E-state index contributed by atoms with van der Waals surface area (Å²) in [5.74, 6) is 0. The molecule has 2 N–H and O–H groups in total. The van der Waals surface area contributed by atoms with Gasteiger partial charge in [-0.3, -0.25) is 9.59 Å². The maximum atomic E-state index is 13.0. The van der Waals surface area contributed by atoms with Gasteiger partial charge in [-0.15, -0.1) is 0 Å². The molecule has 8 nitrogen and oxygen atoms in total. The molecule has 9 heteroatoms. The predicted molar refractivity (Wildman–Crippen MR) is 107 cm³/mol. The molecule has 0 bridgehead atoms. The van der Waals surface area contributed by atoms with E-state index in [1.807, 2.05) is 25.1 Å². The van der Waals surface area contributed by atoms with E-state index in [0.717, 1.165) is 11.3 Å². The van der Waals surface area contributed by atoms with Gasteiger partial charge in [-0.1, -0.05) is 12.1 Å². The summed E-state index contributed by atoms with van der Waals surface area (Å²) in [7, 11) is -3.70. The molecule has 0 saturated carbocycles. The first kappa shape index (κ1) is 18.5. The highest BCUT2D eigenvalue weighted by molar-refractivity contribution is 7.89. The monoisotopic (exact) mass is 400 g/mol. The zero-order valence-corrected chi connectivity index (χ0v) is 16.1. The number of hydrogen-bond donors (Lipinski definition) is 2. The second kappa shape index (κ2) is 6.92. The number of aromatic amines is 2. The first-order valence-corrected chi connectivity index (χ1v) is 10.4. The van der Waals surface area contributed by atoms with E-state index in [2.05, 4.69) is 20.9 Å². The summed E-state index contributed by atoms with van der Waals surface area (Å²) in [5.41, 5.74) is 1.33. The average Bonchev–Trinajstić information content (AvgIpc) is 2.68. The van der Waals surface area contributed by atoms with Crippen LogP contribution in [0.15, 0.2) is 56.9 Å². The standard InChI is InChI=1S/C19H20N4O4S/c1-13-3-2-4-14(11-13)22-7-9-23(10-8-22)28(26,27)15-5-6-16-17(12-15)21-19(25)18(24)20-16/h2-6,11-12H,7-10H2,1H3,(H,20,24)(H,21,25). The molecule has 1 fully saturated rings. The normalized spacial score (nSPS) is 15.8. The predicted octanol–water partition coefficient (Wildman–Crippen LogP) is 1.04. The van der Waals surface area contributed by atoms with Crippen LogP contribution >= 0.6 is 0 Å². The second-order valence-corrected chi connectivity index (χ2v) is 8.78. The fourth-order valence-electron chi connectivity index (χ4n) is 3.41. The number of piperazine rings is 1. The Kier molecular flexibility index (Phi) is 4.56. The third kappa shape index (κ3) is 3.34. The fraction of sp³-hybridized carbons (Fsp3) is 0.263. The number of anilines is 1. The smallest absolute Gasteiger partial charge is 0.314 e. The highest BCUT2D eigenvalue weighted by atomic mass is 32.2. The van der Waals surface area contributed by atoms with E-state index in [1.54, 1.807) is 0 Å².